The lowest BCUT2D eigenvalue weighted by Crippen LogP contribution is -2.55. The number of carbonyl (C=O) groups is 3. The summed E-state index contributed by atoms with van der Waals surface area (Å²) in [5.74, 6) is -0.199. The van der Waals surface area contributed by atoms with E-state index in [1.165, 1.54) is 11.1 Å². The van der Waals surface area contributed by atoms with Crippen molar-refractivity contribution < 1.29 is 23.9 Å². The van der Waals surface area contributed by atoms with Gasteiger partial charge in [-0.25, -0.2) is 9.59 Å². The number of likely N-dealkylation sites (tertiary alicyclic amines) is 1. The van der Waals surface area contributed by atoms with Crippen LogP contribution in [0.15, 0.2) is 72.8 Å². The molecule has 8 nitrogen and oxygen atoms in total. The van der Waals surface area contributed by atoms with Crippen LogP contribution < -0.4 is 10.6 Å². The van der Waals surface area contributed by atoms with Gasteiger partial charge in [-0.2, -0.15) is 0 Å². The van der Waals surface area contributed by atoms with Crippen LogP contribution in [0.1, 0.15) is 68.7 Å². The molecule has 8 heteroatoms. The Bertz CT molecular complexity index is 1430. The second kappa shape index (κ2) is 12.5. The van der Waals surface area contributed by atoms with Gasteiger partial charge in [-0.3, -0.25) is 9.69 Å². The molecule has 3 aromatic carbocycles. The summed E-state index contributed by atoms with van der Waals surface area (Å²) in [5.41, 5.74) is 5.19. The number of hydrogen-bond acceptors (Lipinski definition) is 5. The Labute approximate surface area is 253 Å². The van der Waals surface area contributed by atoms with Crippen LogP contribution in [0.25, 0.3) is 11.1 Å². The predicted molar refractivity (Wildman–Crippen MR) is 166 cm³/mol. The first kappa shape index (κ1) is 30.1. The van der Waals surface area contributed by atoms with E-state index in [1.54, 1.807) is 4.90 Å². The number of fused-ring (bicyclic) bond motifs is 3. The summed E-state index contributed by atoms with van der Waals surface area (Å²) in [7, 11) is 0. The quantitative estimate of drug-likeness (QED) is 0.330. The monoisotopic (exact) mass is 583 g/mol. The highest BCUT2D eigenvalue weighted by molar-refractivity contribution is 5.90. The third-order valence-corrected chi connectivity index (χ3v) is 8.24. The van der Waals surface area contributed by atoms with Gasteiger partial charge in [0.25, 0.3) is 0 Å². The lowest BCUT2D eigenvalue weighted by atomic mass is 9.97. The molecule has 2 aliphatic rings. The van der Waals surface area contributed by atoms with Gasteiger partial charge in [0.05, 0.1) is 0 Å². The third kappa shape index (κ3) is 6.85. The first-order chi connectivity index (χ1) is 20.5. The molecule has 0 spiro atoms. The number of rotatable bonds is 8. The van der Waals surface area contributed by atoms with E-state index in [1.807, 2.05) is 76.2 Å². The van der Waals surface area contributed by atoms with Gasteiger partial charge in [-0.15, -0.1) is 0 Å². The van der Waals surface area contributed by atoms with Crippen molar-refractivity contribution in [2.24, 2.45) is 0 Å². The molecule has 0 bridgehead atoms. The van der Waals surface area contributed by atoms with Crippen LogP contribution in [0.3, 0.4) is 0 Å². The van der Waals surface area contributed by atoms with E-state index in [0.29, 0.717) is 32.5 Å². The number of ether oxygens (including phenoxy) is 2. The van der Waals surface area contributed by atoms with E-state index in [-0.39, 0.29) is 18.4 Å². The highest BCUT2D eigenvalue weighted by Crippen LogP contribution is 2.44. The molecule has 1 saturated heterocycles. The molecule has 5 rings (SSSR count). The molecule has 0 saturated carbocycles. The second-order valence-corrected chi connectivity index (χ2v) is 12.5. The topological polar surface area (TPSA) is 97.0 Å². The van der Waals surface area contributed by atoms with Gasteiger partial charge in [0, 0.05) is 25.6 Å². The number of carbonyl (C=O) groups excluding carboxylic acids is 3. The Morgan fingerprint density at radius 2 is 1.49 bits per heavy atom. The van der Waals surface area contributed by atoms with Crippen LogP contribution >= 0.6 is 0 Å². The fraction of sp³-hybridized carbons (Fsp3) is 0.400. The molecule has 1 aliphatic heterocycles. The van der Waals surface area contributed by atoms with E-state index < -0.39 is 23.3 Å². The molecule has 2 N–H and O–H groups in total. The SMILES string of the molecule is CC(C)(C)OC(=O)NCc1ccc(CCNC(=O)[C@]2(C)CCCN2C(=O)OCC2c3ccccc3-c3ccccc32)cc1. The van der Waals surface area contributed by atoms with Gasteiger partial charge in [-0.05, 0) is 80.3 Å². The van der Waals surface area contributed by atoms with Crippen molar-refractivity contribution in [3.8, 4) is 11.1 Å². The molecule has 226 valence electrons. The van der Waals surface area contributed by atoms with Gasteiger partial charge in [0.1, 0.15) is 17.7 Å². The standard InChI is InChI=1S/C35H41N3O5/c1-34(2,3)43-32(40)37-22-25-16-14-24(15-17-25)18-20-36-31(39)35(4)19-9-21-38(35)33(41)42-23-30-28-12-7-5-10-26(28)27-11-6-8-13-29(27)30/h5-8,10-17,30H,9,18-23H2,1-4H3,(H,36,39)(H,37,40)/t35-/m0/s1. The zero-order valence-corrected chi connectivity index (χ0v) is 25.4. The molecule has 0 radical (unpaired) electrons. The number of amides is 3. The van der Waals surface area contributed by atoms with Gasteiger partial charge in [0.15, 0.2) is 0 Å². The first-order valence-corrected chi connectivity index (χ1v) is 15.0. The van der Waals surface area contributed by atoms with Crippen molar-refractivity contribution in [2.45, 2.75) is 70.6 Å². The Kier molecular flexibility index (Phi) is 8.76. The molecule has 3 amide bonds. The van der Waals surface area contributed by atoms with Crippen LogP contribution in [0.5, 0.6) is 0 Å². The Morgan fingerprint density at radius 1 is 0.884 bits per heavy atom. The largest absolute Gasteiger partial charge is 0.448 e. The third-order valence-electron chi connectivity index (χ3n) is 8.24. The van der Waals surface area contributed by atoms with Gasteiger partial charge in [-0.1, -0.05) is 72.8 Å². The number of nitrogens with one attached hydrogen (secondary N) is 2. The van der Waals surface area contributed by atoms with Crippen molar-refractivity contribution in [2.75, 3.05) is 19.7 Å². The minimum Gasteiger partial charge on any atom is -0.448 e. The average molecular weight is 584 g/mol. The fourth-order valence-corrected chi connectivity index (χ4v) is 5.99. The second-order valence-electron chi connectivity index (χ2n) is 12.5. The van der Waals surface area contributed by atoms with E-state index in [0.717, 1.165) is 28.7 Å². The van der Waals surface area contributed by atoms with Crippen molar-refractivity contribution in [1.82, 2.24) is 15.5 Å². The molecule has 1 fully saturated rings. The maximum absolute atomic E-state index is 13.3. The summed E-state index contributed by atoms with van der Waals surface area (Å²) in [5, 5.41) is 5.79. The van der Waals surface area contributed by atoms with Gasteiger partial charge in [0.2, 0.25) is 5.91 Å². The smallest absolute Gasteiger partial charge is 0.410 e. The normalized spacial score (nSPS) is 17.6. The predicted octanol–water partition coefficient (Wildman–Crippen LogP) is 6.17. The minimum absolute atomic E-state index is 0.0292. The summed E-state index contributed by atoms with van der Waals surface area (Å²) in [6.07, 6.45) is 1.07. The molecule has 43 heavy (non-hydrogen) atoms. The van der Waals surface area contributed by atoms with Crippen molar-refractivity contribution in [3.63, 3.8) is 0 Å². The molecule has 0 unspecified atom stereocenters. The Morgan fingerprint density at radius 3 is 2.12 bits per heavy atom. The van der Waals surface area contributed by atoms with Gasteiger partial charge < -0.3 is 20.1 Å². The highest BCUT2D eigenvalue weighted by atomic mass is 16.6. The van der Waals surface area contributed by atoms with E-state index in [4.69, 9.17) is 9.47 Å². The fourth-order valence-electron chi connectivity index (χ4n) is 5.99. The molecule has 3 aromatic rings. The zero-order chi connectivity index (χ0) is 30.6. The molecule has 1 atom stereocenters. The lowest BCUT2D eigenvalue weighted by Gasteiger charge is -2.33. The number of nitrogens with zero attached hydrogens (tertiary/aromatic N) is 1. The van der Waals surface area contributed by atoms with E-state index in [2.05, 4.69) is 34.9 Å². The zero-order valence-electron chi connectivity index (χ0n) is 25.4. The Hall–Kier alpha value is -4.33. The number of benzene rings is 3. The highest BCUT2D eigenvalue weighted by Gasteiger charge is 2.46. The summed E-state index contributed by atoms with van der Waals surface area (Å²) < 4.78 is 11.2. The maximum atomic E-state index is 13.3. The summed E-state index contributed by atoms with van der Waals surface area (Å²) in [6, 6.07) is 24.4. The molecular formula is C35H41N3O5. The average Bonchev–Trinajstić information content (AvgIpc) is 3.53. The van der Waals surface area contributed by atoms with Crippen LogP contribution in [0, 0.1) is 0 Å². The summed E-state index contributed by atoms with van der Waals surface area (Å²) in [6.45, 7) is 8.83. The van der Waals surface area contributed by atoms with Crippen LogP contribution in [-0.4, -0.2) is 53.8 Å². The Balaban J connectivity index is 1.11. The molecule has 0 aromatic heterocycles. The molecular weight excluding hydrogens is 542 g/mol. The van der Waals surface area contributed by atoms with Crippen LogP contribution in [-0.2, 0) is 27.2 Å². The van der Waals surface area contributed by atoms with Crippen molar-refractivity contribution in [1.29, 1.82) is 0 Å². The van der Waals surface area contributed by atoms with Crippen LogP contribution in [0.4, 0.5) is 9.59 Å². The summed E-state index contributed by atoms with van der Waals surface area (Å²) >= 11 is 0. The maximum Gasteiger partial charge on any atom is 0.410 e. The number of alkyl carbamates (subject to hydrolysis) is 1. The van der Waals surface area contributed by atoms with E-state index in [9.17, 15) is 14.4 Å². The minimum atomic E-state index is -0.959. The summed E-state index contributed by atoms with van der Waals surface area (Å²) in [4.78, 5) is 40.1. The van der Waals surface area contributed by atoms with Crippen LogP contribution in [0.2, 0.25) is 0 Å². The van der Waals surface area contributed by atoms with Crippen molar-refractivity contribution >= 4 is 18.1 Å². The van der Waals surface area contributed by atoms with Crippen molar-refractivity contribution in [3.05, 3.63) is 95.1 Å². The molecule has 1 aliphatic carbocycles. The number of hydrogen-bond donors (Lipinski definition) is 2. The first-order valence-electron chi connectivity index (χ1n) is 15.0. The molecule has 1 heterocycles. The van der Waals surface area contributed by atoms with Gasteiger partial charge >= 0.3 is 12.2 Å². The lowest BCUT2D eigenvalue weighted by molar-refractivity contribution is -0.130. The van der Waals surface area contributed by atoms with E-state index >= 15 is 0 Å².